The van der Waals surface area contributed by atoms with Crippen molar-refractivity contribution in [1.82, 2.24) is 5.43 Å². The molecule has 124 valence electrons. The molecule has 0 aliphatic carbocycles. The van der Waals surface area contributed by atoms with Crippen LogP contribution in [0.5, 0.6) is 5.75 Å². The molecule has 0 heterocycles. The molecule has 0 aromatic heterocycles. The minimum atomic E-state index is -0.592. The van der Waals surface area contributed by atoms with E-state index in [1.807, 2.05) is 0 Å². The van der Waals surface area contributed by atoms with Gasteiger partial charge in [-0.2, -0.15) is 5.10 Å². The van der Waals surface area contributed by atoms with Crippen LogP contribution >= 0.6 is 11.6 Å². The lowest BCUT2D eigenvalue weighted by molar-refractivity contribution is -0.384. The highest BCUT2D eigenvalue weighted by Gasteiger charge is 2.08. The molecule has 2 aromatic carbocycles. The molecule has 8 nitrogen and oxygen atoms in total. The van der Waals surface area contributed by atoms with Crippen LogP contribution in [0.15, 0.2) is 47.6 Å². The third-order valence-corrected chi connectivity index (χ3v) is 3.16. The number of phenolic OH excluding ortho intramolecular Hbond substituents is 1. The minimum Gasteiger partial charge on any atom is -0.507 e. The Bertz CT molecular complexity index is 778. The van der Waals surface area contributed by atoms with Gasteiger partial charge in [-0.25, -0.2) is 5.43 Å². The zero-order valence-electron chi connectivity index (χ0n) is 12.3. The van der Waals surface area contributed by atoms with E-state index in [1.54, 1.807) is 24.3 Å². The van der Waals surface area contributed by atoms with E-state index in [1.165, 1.54) is 12.1 Å². The van der Waals surface area contributed by atoms with Crippen LogP contribution in [0, 0.1) is 10.1 Å². The Balaban J connectivity index is 1.89. The van der Waals surface area contributed by atoms with Gasteiger partial charge >= 0.3 is 0 Å². The molecule has 0 aliphatic heterocycles. The van der Waals surface area contributed by atoms with E-state index >= 15 is 0 Å². The fraction of sp³-hybridized carbons (Fsp3) is 0.0667. The quantitative estimate of drug-likeness (QED) is 0.421. The van der Waals surface area contributed by atoms with Crippen molar-refractivity contribution in [1.29, 1.82) is 0 Å². The summed E-state index contributed by atoms with van der Waals surface area (Å²) in [7, 11) is 0. The number of hydrazone groups is 1. The summed E-state index contributed by atoms with van der Waals surface area (Å²) in [4.78, 5) is 21.7. The number of halogens is 1. The monoisotopic (exact) mass is 348 g/mol. The number of nitrogens with one attached hydrogen (secondary N) is 2. The summed E-state index contributed by atoms with van der Waals surface area (Å²) in [6.07, 6.45) is 1.13. The Morgan fingerprint density at radius 2 is 2.00 bits per heavy atom. The van der Waals surface area contributed by atoms with Gasteiger partial charge < -0.3 is 10.4 Å². The number of carbonyl (C=O) groups excluding carboxylic acids is 1. The highest BCUT2D eigenvalue weighted by Crippen LogP contribution is 2.21. The number of benzene rings is 2. The summed E-state index contributed by atoms with van der Waals surface area (Å²) < 4.78 is 0. The smallest absolute Gasteiger partial charge is 0.270 e. The molecule has 0 saturated heterocycles. The van der Waals surface area contributed by atoms with Gasteiger partial charge in [-0.15, -0.1) is 0 Å². The summed E-state index contributed by atoms with van der Waals surface area (Å²) in [5, 5.41) is 27.4. The number of anilines is 1. The zero-order chi connectivity index (χ0) is 17.5. The van der Waals surface area contributed by atoms with Gasteiger partial charge in [-0.05, 0) is 30.3 Å². The molecule has 0 bridgehead atoms. The van der Waals surface area contributed by atoms with Crippen molar-refractivity contribution in [2.45, 2.75) is 0 Å². The first-order valence-electron chi connectivity index (χ1n) is 6.74. The normalized spacial score (nSPS) is 10.5. The maximum Gasteiger partial charge on any atom is 0.270 e. The van der Waals surface area contributed by atoms with Crippen LogP contribution < -0.4 is 10.7 Å². The minimum absolute atomic E-state index is 0.0279. The topological polar surface area (TPSA) is 117 Å². The first kappa shape index (κ1) is 17.2. The van der Waals surface area contributed by atoms with E-state index < -0.39 is 10.8 Å². The largest absolute Gasteiger partial charge is 0.507 e. The number of hydrogen-bond donors (Lipinski definition) is 3. The molecular formula is C15H13ClN4O4. The number of nitrogens with zero attached hydrogens (tertiary/aromatic N) is 2. The van der Waals surface area contributed by atoms with Crippen LogP contribution in [-0.4, -0.2) is 28.7 Å². The van der Waals surface area contributed by atoms with Crippen LogP contribution in [0.2, 0.25) is 5.02 Å². The van der Waals surface area contributed by atoms with Gasteiger partial charge in [0, 0.05) is 28.4 Å². The highest BCUT2D eigenvalue weighted by atomic mass is 35.5. The van der Waals surface area contributed by atoms with E-state index in [9.17, 15) is 20.0 Å². The Hall–Kier alpha value is -3.13. The molecule has 2 aromatic rings. The molecule has 0 atom stereocenters. The molecular weight excluding hydrogens is 336 g/mol. The Morgan fingerprint density at radius 3 is 2.67 bits per heavy atom. The van der Waals surface area contributed by atoms with Crippen molar-refractivity contribution in [3.8, 4) is 5.75 Å². The van der Waals surface area contributed by atoms with Crippen molar-refractivity contribution in [2.24, 2.45) is 5.10 Å². The van der Waals surface area contributed by atoms with Gasteiger partial charge in [0.1, 0.15) is 5.75 Å². The van der Waals surface area contributed by atoms with E-state index in [4.69, 9.17) is 11.6 Å². The fourth-order valence-electron chi connectivity index (χ4n) is 1.72. The number of carbonyl (C=O) groups is 1. The number of amides is 1. The van der Waals surface area contributed by atoms with Gasteiger partial charge in [0.15, 0.2) is 0 Å². The Labute approximate surface area is 141 Å². The van der Waals surface area contributed by atoms with Crippen LogP contribution in [0.1, 0.15) is 5.56 Å². The first-order chi connectivity index (χ1) is 11.5. The van der Waals surface area contributed by atoms with Gasteiger partial charge in [0.2, 0.25) is 0 Å². The lowest BCUT2D eigenvalue weighted by Crippen LogP contribution is -2.25. The van der Waals surface area contributed by atoms with Crippen molar-refractivity contribution in [3.05, 3.63) is 63.2 Å². The zero-order valence-corrected chi connectivity index (χ0v) is 13.0. The third-order valence-electron chi connectivity index (χ3n) is 2.91. The average Bonchev–Trinajstić information content (AvgIpc) is 2.56. The predicted octanol–water partition coefficient (Wildman–Crippen LogP) is 2.52. The van der Waals surface area contributed by atoms with E-state index in [-0.39, 0.29) is 23.5 Å². The van der Waals surface area contributed by atoms with Gasteiger partial charge in [-0.3, -0.25) is 14.9 Å². The molecule has 2 rings (SSSR count). The molecule has 9 heteroatoms. The summed E-state index contributed by atoms with van der Waals surface area (Å²) in [5.74, 6) is -0.607. The van der Waals surface area contributed by atoms with Gasteiger partial charge in [0.25, 0.3) is 11.6 Å². The number of phenols is 1. The molecule has 1 amide bonds. The van der Waals surface area contributed by atoms with Crippen molar-refractivity contribution in [2.75, 3.05) is 11.9 Å². The van der Waals surface area contributed by atoms with E-state index in [0.717, 1.165) is 18.0 Å². The summed E-state index contributed by atoms with van der Waals surface area (Å²) in [6, 6.07) is 10.3. The van der Waals surface area contributed by atoms with Crippen molar-refractivity contribution >= 4 is 35.1 Å². The van der Waals surface area contributed by atoms with Gasteiger partial charge in [-0.1, -0.05) is 11.6 Å². The van der Waals surface area contributed by atoms with Crippen LogP contribution in [0.4, 0.5) is 11.4 Å². The Morgan fingerprint density at radius 1 is 1.29 bits per heavy atom. The Kier molecular flexibility index (Phi) is 5.69. The molecule has 0 radical (unpaired) electrons. The standard InChI is InChI=1S/C15H13ClN4O4/c16-11-1-3-12(4-2-11)17-9-15(22)19-18-8-10-7-13(20(23)24)5-6-14(10)21/h1-8,17,21H,9H2,(H,19,22). The number of non-ortho nitro benzene ring substituents is 1. The lowest BCUT2D eigenvalue weighted by Gasteiger charge is -2.05. The molecule has 0 unspecified atom stereocenters. The molecule has 0 fully saturated rings. The second-order valence-corrected chi connectivity index (χ2v) is 5.09. The van der Waals surface area contributed by atoms with Crippen LogP contribution in [0.3, 0.4) is 0 Å². The second-order valence-electron chi connectivity index (χ2n) is 4.65. The number of nitro groups is 1. The van der Waals surface area contributed by atoms with Crippen LogP contribution in [0.25, 0.3) is 0 Å². The van der Waals surface area contributed by atoms with Crippen molar-refractivity contribution < 1.29 is 14.8 Å². The molecule has 0 aliphatic rings. The molecule has 3 N–H and O–H groups in total. The third kappa shape index (κ3) is 4.96. The first-order valence-corrected chi connectivity index (χ1v) is 7.12. The maximum absolute atomic E-state index is 11.6. The van der Waals surface area contributed by atoms with E-state index in [0.29, 0.717) is 5.02 Å². The number of nitro benzene ring substituents is 1. The van der Waals surface area contributed by atoms with Gasteiger partial charge in [0.05, 0.1) is 17.7 Å². The summed E-state index contributed by atoms with van der Waals surface area (Å²) in [5.41, 5.74) is 2.90. The number of aromatic hydroxyl groups is 1. The molecule has 0 saturated carbocycles. The lowest BCUT2D eigenvalue weighted by atomic mass is 10.2. The van der Waals surface area contributed by atoms with E-state index in [2.05, 4.69) is 15.8 Å². The van der Waals surface area contributed by atoms with Crippen molar-refractivity contribution in [3.63, 3.8) is 0 Å². The second kappa shape index (κ2) is 7.93. The molecule has 24 heavy (non-hydrogen) atoms. The molecule has 0 spiro atoms. The average molecular weight is 349 g/mol. The predicted molar refractivity (Wildman–Crippen MR) is 90.4 cm³/mol. The summed E-state index contributed by atoms with van der Waals surface area (Å²) in [6.45, 7) is -0.0279. The maximum atomic E-state index is 11.6. The highest BCUT2D eigenvalue weighted by molar-refractivity contribution is 6.30. The number of rotatable bonds is 6. The summed E-state index contributed by atoms with van der Waals surface area (Å²) >= 11 is 5.76. The van der Waals surface area contributed by atoms with Crippen LogP contribution in [-0.2, 0) is 4.79 Å². The SMILES string of the molecule is O=C(CNc1ccc(Cl)cc1)NN=Cc1cc([N+](=O)[O-])ccc1O. The fourth-order valence-corrected chi connectivity index (χ4v) is 1.85. The number of hydrogen-bond acceptors (Lipinski definition) is 6.